The van der Waals surface area contributed by atoms with E-state index in [-0.39, 0.29) is 12.5 Å². The molecule has 0 fully saturated rings. The Kier molecular flexibility index (Phi) is 8.14. The Labute approximate surface area is 221 Å². The maximum atomic E-state index is 13.3. The van der Waals surface area contributed by atoms with Crippen LogP contribution in [0.15, 0.2) is 48.5 Å². The van der Waals surface area contributed by atoms with Crippen molar-refractivity contribution in [3.63, 3.8) is 0 Å². The number of benzene rings is 2. The van der Waals surface area contributed by atoms with Crippen LogP contribution in [0.2, 0.25) is 0 Å². The fraction of sp³-hybridized carbons (Fsp3) is 0.345. The fourth-order valence-corrected chi connectivity index (χ4v) is 5.95. The summed E-state index contributed by atoms with van der Waals surface area (Å²) in [4.78, 5) is 27.2. The Morgan fingerprint density at radius 1 is 1.14 bits per heavy atom. The Morgan fingerprint density at radius 3 is 2.59 bits per heavy atom. The molecule has 1 aliphatic rings. The third-order valence-electron chi connectivity index (χ3n) is 6.49. The first-order valence-corrected chi connectivity index (χ1v) is 13.2. The fourth-order valence-electron chi connectivity index (χ4n) is 4.61. The number of thiophene rings is 1. The lowest BCUT2D eigenvalue weighted by Crippen LogP contribution is -2.31. The number of amides is 1. The Bertz CT molecular complexity index is 1330. The molecule has 0 bridgehead atoms. The summed E-state index contributed by atoms with van der Waals surface area (Å²) in [7, 11) is 1.52. The third kappa shape index (κ3) is 5.32. The third-order valence-corrected chi connectivity index (χ3v) is 7.64. The average Bonchev–Trinajstić information content (AvgIpc) is 3.28. The van der Waals surface area contributed by atoms with Gasteiger partial charge < -0.3 is 19.5 Å². The molecule has 37 heavy (non-hydrogen) atoms. The number of esters is 1. The lowest BCUT2D eigenvalue weighted by Gasteiger charge is -2.31. The molecular weight excluding hydrogens is 488 g/mol. The van der Waals surface area contributed by atoms with Gasteiger partial charge >= 0.3 is 5.97 Å². The Balaban J connectivity index is 1.67. The van der Waals surface area contributed by atoms with E-state index < -0.39 is 11.4 Å². The minimum Gasteiger partial charge on any atom is -0.493 e. The van der Waals surface area contributed by atoms with E-state index in [1.54, 1.807) is 25.1 Å². The van der Waals surface area contributed by atoms with E-state index in [1.807, 2.05) is 37.3 Å². The zero-order chi connectivity index (χ0) is 26.4. The molecule has 1 aromatic heterocycles. The van der Waals surface area contributed by atoms with Crippen molar-refractivity contribution in [3.8, 4) is 17.6 Å². The van der Waals surface area contributed by atoms with Crippen LogP contribution in [0.4, 0.5) is 5.00 Å². The number of carbonyl (C=O) groups excluding carboxylic acids is 2. The van der Waals surface area contributed by atoms with Gasteiger partial charge in [0.05, 0.1) is 37.4 Å². The summed E-state index contributed by atoms with van der Waals surface area (Å²) in [6.07, 6.45) is 2.43. The first-order valence-electron chi connectivity index (χ1n) is 12.4. The zero-order valence-electron chi connectivity index (χ0n) is 21.3. The van der Waals surface area contributed by atoms with Gasteiger partial charge in [-0.3, -0.25) is 4.79 Å². The molecular formula is C29H30N2O5S. The molecule has 1 heterocycles. The molecule has 1 aliphatic carbocycles. The molecule has 0 spiro atoms. The number of nitrogens with one attached hydrogen (secondary N) is 1. The van der Waals surface area contributed by atoms with Crippen molar-refractivity contribution in [2.24, 2.45) is 0 Å². The SMILES string of the molecule is CCCOc1ccc(C(=O)Nc2sc3c(c2C(=O)OCC)CC[C@@](C#N)(c2ccccc2)C3)cc1OC. The number of anilines is 1. The van der Waals surface area contributed by atoms with Gasteiger partial charge in [0, 0.05) is 16.9 Å². The number of hydrogen-bond acceptors (Lipinski definition) is 7. The second-order valence-corrected chi connectivity index (χ2v) is 9.94. The van der Waals surface area contributed by atoms with Crippen LogP contribution in [0, 0.1) is 11.3 Å². The van der Waals surface area contributed by atoms with Crippen LogP contribution in [0.3, 0.4) is 0 Å². The molecule has 0 saturated heterocycles. The largest absolute Gasteiger partial charge is 0.493 e. The molecule has 0 aliphatic heterocycles. The van der Waals surface area contributed by atoms with Crippen molar-refractivity contribution in [2.75, 3.05) is 25.6 Å². The molecule has 2 aromatic carbocycles. The number of ether oxygens (including phenoxy) is 3. The molecule has 1 atom stereocenters. The minimum atomic E-state index is -0.686. The highest BCUT2D eigenvalue weighted by molar-refractivity contribution is 7.17. The summed E-state index contributed by atoms with van der Waals surface area (Å²) in [5, 5.41) is 13.5. The van der Waals surface area contributed by atoms with Gasteiger partial charge in [-0.15, -0.1) is 11.3 Å². The van der Waals surface area contributed by atoms with Gasteiger partial charge in [0.15, 0.2) is 11.5 Å². The molecule has 8 heteroatoms. The quantitative estimate of drug-likeness (QED) is 0.353. The van der Waals surface area contributed by atoms with Gasteiger partial charge in [0.2, 0.25) is 0 Å². The van der Waals surface area contributed by atoms with Crippen LogP contribution >= 0.6 is 11.3 Å². The molecule has 192 valence electrons. The van der Waals surface area contributed by atoms with Gasteiger partial charge in [0.1, 0.15) is 5.00 Å². The number of rotatable bonds is 9. The predicted octanol–water partition coefficient (Wildman–Crippen LogP) is 5.92. The average molecular weight is 519 g/mol. The van der Waals surface area contributed by atoms with Crippen LogP contribution in [-0.2, 0) is 23.0 Å². The molecule has 1 amide bonds. The number of hydrogen-bond donors (Lipinski definition) is 1. The first-order chi connectivity index (χ1) is 18.0. The molecule has 7 nitrogen and oxygen atoms in total. The first kappa shape index (κ1) is 26.2. The van der Waals surface area contributed by atoms with Crippen LogP contribution in [0.25, 0.3) is 0 Å². The summed E-state index contributed by atoms with van der Waals surface area (Å²) >= 11 is 1.34. The molecule has 0 saturated carbocycles. The minimum absolute atomic E-state index is 0.222. The monoisotopic (exact) mass is 518 g/mol. The highest BCUT2D eigenvalue weighted by Gasteiger charge is 2.40. The highest BCUT2D eigenvalue weighted by Crippen LogP contribution is 2.45. The van der Waals surface area contributed by atoms with E-state index >= 15 is 0 Å². The number of nitriles is 1. The van der Waals surface area contributed by atoms with Crippen LogP contribution in [0.1, 0.15) is 63.4 Å². The summed E-state index contributed by atoms with van der Waals surface area (Å²) in [5.74, 6) is 0.173. The number of fused-ring (bicyclic) bond motifs is 1. The number of carbonyl (C=O) groups is 2. The predicted molar refractivity (Wildman–Crippen MR) is 143 cm³/mol. The summed E-state index contributed by atoms with van der Waals surface area (Å²) < 4.78 is 16.4. The van der Waals surface area contributed by atoms with Gasteiger partial charge in [0.25, 0.3) is 5.91 Å². The van der Waals surface area contributed by atoms with Crippen molar-refractivity contribution in [1.82, 2.24) is 0 Å². The van der Waals surface area contributed by atoms with E-state index in [4.69, 9.17) is 14.2 Å². The Morgan fingerprint density at radius 2 is 1.92 bits per heavy atom. The van der Waals surface area contributed by atoms with Crippen molar-refractivity contribution >= 4 is 28.2 Å². The van der Waals surface area contributed by atoms with Crippen molar-refractivity contribution in [1.29, 1.82) is 5.26 Å². The Hall–Kier alpha value is -3.83. The van der Waals surface area contributed by atoms with Crippen LogP contribution < -0.4 is 14.8 Å². The van der Waals surface area contributed by atoms with Crippen molar-refractivity contribution < 1.29 is 23.8 Å². The number of methoxy groups -OCH3 is 1. The van der Waals surface area contributed by atoms with Gasteiger partial charge in [-0.1, -0.05) is 37.3 Å². The second kappa shape index (κ2) is 11.5. The summed E-state index contributed by atoms with van der Waals surface area (Å²) in [5.41, 5.74) is 1.87. The van der Waals surface area contributed by atoms with E-state index in [9.17, 15) is 14.9 Å². The van der Waals surface area contributed by atoms with Gasteiger partial charge in [-0.05, 0) is 55.5 Å². The van der Waals surface area contributed by atoms with E-state index in [2.05, 4.69) is 11.4 Å². The van der Waals surface area contributed by atoms with Gasteiger partial charge in [-0.2, -0.15) is 5.26 Å². The topological polar surface area (TPSA) is 97.6 Å². The van der Waals surface area contributed by atoms with Crippen molar-refractivity contribution in [2.45, 2.75) is 44.9 Å². The summed E-state index contributed by atoms with van der Waals surface area (Å²) in [6, 6.07) is 17.3. The highest BCUT2D eigenvalue weighted by atomic mass is 32.1. The number of nitrogens with zero attached hydrogens (tertiary/aromatic N) is 1. The molecule has 1 N–H and O–H groups in total. The van der Waals surface area contributed by atoms with Gasteiger partial charge in [-0.25, -0.2) is 4.79 Å². The normalized spacial score (nSPS) is 16.3. The molecule has 4 rings (SSSR count). The maximum absolute atomic E-state index is 13.3. The maximum Gasteiger partial charge on any atom is 0.341 e. The smallest absolute Gasteiger partial charge is 0.341 e. The second-order valence-electron chi connectivity index (χ2n) is 8.83. The van der Waals surface area contributed by atoms with E-state index in [0.717, 1.165) is 22.4 Å². The van der Waals surface area contributed by atoms with Crippen molar-refractivity contribution in [3.05, 3.63) is 75.7 Å². The zero-order valence-corrected chi connectivity index (χ0v) is 22.1. The molecule has 0 unspecified atom stereocenters. The lowest BCUT2D eigenvalue weighted by atomic mass is 9.70. The lowest BCUT2D eigenvalue weighted by molar-refractivity contribution is 0.0526. The van der Waals surface area contributed by atoms with E-state index in [1.165, 1.54) is 18.4 Å². The summed E-state index contributed by atoms with van der Waals surface area (Å²) in [6.45, 7) is 4.52. The van der Waals surface area contributed by atoms with Crippen LogP contribution in [0.5, 0.6) is 11.5 Å². The standard InChI is InChI=1S/C29H30N2O5S/c1-4-15-36-22-12-11-19(16-23(22)34-3)26(32)31-27-25(28(33)35-5-2)21-13-14-29(18-30,17-24(21)37-27)20-9-7-6-8-10-20/h6-12,16H,4-5,13-15,17H2,1-3H3,(H,31,32)/t29-/m1/s1. The van der Waals surface area contributed by atoms with E-state index in [0.29, 0.717) is 53.5 Å². The molecule has 0 radical (unpaired) electrons. The van der Waals surface area contributed by atoms with Crippen LogP contribution in [-0.4, -0.2) is 32.2 Å². The molecule has 3 aromatic rings.